The first-order valence-corrected chi connectivity index (χ1v) is 9.88. The van der Waals surface area contributed by atoms with E-state index in [4.69, 9.17) is 0 Å². The fourth-order valence-electron chi connectivity index (χ4n) is 2.74. The number of rotatable bonds is 6. The Morgan fingerprint density at radius 2 is 2.00 bits per heavy atom. The fourth-order valence-corrected chi connectivity index (χ4v) is 4.67. The third-order valence-electron chi connectivity index (χ3n) is 4.05. The van der Waals surface area contributed by atoms with Crippen molar-refractivity contribution in [2.45, 2.75) is 44.6 Å². The minimum absolute atomic E-state index is 0.172. The number of halogens is 1. The number of nitrogens with zero attached hydrogens (tertiary/aromatic N) is 3. The smallest absolute Gasteiger partial charge is 0.191 e. The molecule has 0 amide bonds. The maximum Gasteiger partial charge on any atom is 0.191 e. The summed E-state index contributed by atoms with van der Waals surface area (Å²) in [5, 5.41) is 11.8. The van der Waals surface area contributed by atoms with Gasteiger partial charge in [-0.15, -0.1) is 21.5 Å². The number of hydrogen-bond donors (Lipinski definition) is 0. The van der Waals surface area contributed by atoms with Crippen molar-refractivity contribution in [1.29, 1.82) is 0 Å². The fraction of sp³-hybridized carbons (Fsp3) is 0.333. The molecule has 0 fully saturated rings. The first-order valence-electron chi connectivity index (χ1n) is 8.02. The predicted molar refractivity (Wildman–Crippen MR) is 99.1 cm³/mol. The van der Waals surface area contributed by atoms with Crippen molar-refractivity contribution in [3.63, 3.8) is 0 Å². The van der Waals surface area contributed by atoms with E-state index in [1.54, 1.807) is 17.4 Å². The van der Waals surface area contributed by atoms with Crippen LogP contribution in [0.2, 0.25) is 0 Å². The van der Waals surface area contributed by atoms with Gasteiger partial charge in [-0.05, 0) is 37.5 Å². The molecule has 6 heteroatoms. The summed E-state index contributed by atoms with van der Waals surface area (Å²) in [6.07, 6.45) is 0.985. The summed E-state index contributed by atoms with van der Waals surface area (Å²) in [5.41, 5.74) is 3.20. The molecule has 3 rings (SSSR count). The van der Waals surface area contributed by atoms with E-state index in [1.807, 2.05) is 12.1 Å². The Bertz CT molecular complexity index is 839. The van der Waals surface area contributed by atoms with Crippen LogP contribution in [0.1, 0.15) is 29.9 Å². The van der Waals surface area contributed by atoms with Crippen molar-refractivity contribution in [3.05, 3.63) is 51.5 Å². The topological polar surface area (TPSA) is 30.7 Å². The maximum atomic E-state index is 13.8. The molecule has 0 spiro atoms. The highest BCUT2D eigenvalue weighted by molar-refractivity contribution is 7.98. The van der Waals surface area contributed by atoms with Crippen LogP contribution in [0, 0.1) is 12.7 Å². The summed E-state index contributed by atoms with van der Waals surface area (Å²) in [7, 11) is 0. The number of aromatic nitrogens is 3. The van der Waals surface area contributed by atoms with Crippen LogP contribution in [0.15, 0.2) is 34.8 Å². The van der Waals surface area contributed by atoms with Gasteiger partial charge in [-0.3, -0.25) is 0 Å². The van der Waals surface area contributed by atoms with Gasteiger partial charge in [0.1, 0.15) is 5.82 Å². The molecular formula is C18H20FN3S2. The molecular weight excluding hydrogens is 341 g/mol. The van der Waals surface area contributed by atoms with Gasteiger partial charge in [0.2, 0.25) is 0 Å². The van der Waals surface area contributed by atoms with Crippen LogP contribution in [0.5, 0.6) is 0 Å². The average Bonchev–Trinajstić information content (AvgIpc) is 3.16. The van der Waals surface area contributed by atoms with Gasteiger partial charge in [0, 0.05) is 28.1 Å². The Morgan fingerprint density at radius 1 is 1.21 bits per heavy atom. The van der Waals surface area contributed by atoms with E-state index < -0.39 is 0 Å². The molecule has 0 N–H and O–H groups in total. The van der Waals surface area contributed by atoms with Crippen molar-refractivity contribution in [1.82, 2.24) is 14.8 Å². The highest BCUT2D eigenvalue weighted by Crippen LogP contribution is 2.33. The van der Waals surface area contributed by atoms with Crippen molar-refractivity contribution >= 4 is 23.1 Å². The number of hydrogen-bond acceptors (Lipinski definition) is 4. The lowest BCUT2D eigenvalue weighted by Crippen LogP contribution is -2.01. The molecule has 0 atom stereocenters. The van der Waals surface area contributed by atoms with Gasteiger partial charge in [-0.2, -0.15) is 0 Å². The maximum absolute atomic E-state index is 13.8. The summed E-state index contributed by atoms with van der Waals surface area (Å²) in [5.74, 6) is 1.29. The van der Waals surface area contributed by atoms with Gasteiger partial charge in [0.05, 0.1) is 0 Å². The second kappa shape index (κ2) is 7.49. The molecule has 0 saturated heterocycles. The zero-order valence-corrected chi connectivity index (χ0v) is 15.7. The standard InChI is InChI=1S/C18H20FN3S2/c1-4-14-12(3)23-11-15(14)17-20-21-18(22(17)5-2)24-10-13-8-6-7-9-16(13)19/h6-9,11H,4-5,10H2,1-3H3. The molecule has 0 aliphatic heterocycles. The molecule has 0 radical (unpaired) electrons. The Hall–Kier alpha value is -1.66. The third kappa shape index (κ3) is 3.26. The van der Waals surface area contributed by atoms with Crippen molar-refractivity contribution < 1.29 is 4.39 Å². The van der Waals surface area contributed by atoms with Crippen molar-refractivity contribution in [3.8, 4) is 11.4 Å². The van der Waals surface area contributed by atoms with Gasteiger partial charge in [-0.1, -0.05) is 36.9 Å². The monoisotopic (exact) mass is 361 g/mol. The SMILES string of the molecule is CCc1c(-c2nnc(SCc3ccccc3F)n2CC)csc1C. The second-order valence-corrected chi connectivity index (χ2v) is 7.49. The zero-order valence-electron chi connectivity index (χ0n) is 14.0. The minimum Gasteiger partial charge on any atom is -0.302 e. The van der Waals surface area contributed by atoms with Gasteiger partial charge in [-0.25, -0.2) is 4.39 Å². The molecule has 24 heavy (non-hydrogen) atoms. The molecule has 0 aliphatic rings. The summed E-state index contributed by atoms with van der Waals surface area (Å²) in [6.45, 7) is 7.19. The number of thiophene rings is 1. The highest BCUT2D eigenvalue weighted by atomic mass is 32.2. The normalized spacial score (nSPS) is 11.2. The number of benzene rings is 1. The van der Waals surface area contributed by atoms with E-state index in [2.05, 4.69) is 40.9 Å². The Balaban J connectivity index is 1.88. The molecule has 0 bridgehead atoms. The van der Waals surface area contributed by atoms with E-state index in [1.165, 1.54) is 33.8 Å². The van der Waals surface area contributed by atoms with Gasteiger partial charge in [0.25, 0.3) is 0 Å². The van der Waals surface area contributed by atoms with Crippen LogP contribution < -0.4 is 0 Å². The first kappa shape index (κ1) is 17.2. The summed E-state index contributed by atoms with van der Waals surface area (Å²) in [4.78, 5) is 1.33. The largest absolute Gasteiger partial charge is 0.302 e. The van der Waals surface area contributed by atoms with Crippen LogP contribution in [0.3, 0.4) is 0 Å². The highest BCUT2D eigenvalue weighted by Gasteiger charge is 2.18. The molecule has 0 saturated carbocycles. The second-order valence-electron chi connectivity index (χ2n) is 5.47. The molecule has 3 nitrogen and oxygen atoms in total. The summed E-state index contributed by atoms with van der Waals surface area (Å²) < 4.78 is 15.9. The summed E-state index contributed by atoms with van der Waals surface area (Å²) >= 11 is 3.28. The van der Waals surface area contributed by atoms with Crippen molar-refractivity contribution in [2.24, 2.45) is 0 Å². The predicted octanol–water partition coefficient (Wildman–Crippen LogP) is 5.33. The van der Waals surface area contributed by atoms with Crippen molar-refractivity contribution in [2.75, 3.05) is 0 Å². The first-order chi connectivity index (χ1) is 11.7. The van der Waals surface area contributed by atoms with Gasteiger partial charge >= 0.3 is 0 Å². The zero-order chi connectivity index (χ0) is 17.1. The van der Waals surface area contributed by atoms with E-state index in [-0.39, 0.29) is 5.82 Å². The molecule has 0 unspecified atom stereocenters. The molecule has 126 valence electrons. The number of thioether (sulfide) groups is 1. The van der Waals surface area contributed by atoms with Gasteiger partial charge < -0.3 is 4.57 Å². The Kier molecular flexibility index (Phi) is 5.36. The van der Waals surface area contributed by atoms with Crippen LogP contribution in [0.4, 0.5) is 4.39 Å². The Morgan fingerprint density at radius 3 is 2.71 bits per heavy atom. The van der Waals surface area contributed by atoms with Crippen LogP contribution >= 0.6 is 23.1 Å². The van der Waals surface area contributed by atoms with Crippen LogP contribution in [-0.4, -0.2) is 14.8 Å². The van der Waals surface area contributed by atoms with E-state index in [0.29, 0.717) is 11.3 Å². The minimum atomic E-state index is -0.172. The van der Waals surface area contributed by atoms with Gasteiger partial charge in [0.15, 0.2) is 11.0 Å². The molecule has 1 aromatic carbocycles. The lowest BCUT2D eigenvalue weighted by atomic mass is 10.1. The summed E-state index contributed by atoms with van der Waals surface area (Å²) in [6, 6.07) is 6.87. The molecule has 3 aromatic rings. The van der Waals surface area contributed by atoms with E-state index in [0.717, 1.165) is 23.9 Å². The lowest BCUT2D eigenvalue weighted by Gasteiger charge is -2.08. The number of aryl methyl sites for hydroxylation is 1. The van der Waals surface area contributed by atoms with E-state index >= 15 is 0 Å². The molecule has 2 heterocycles. The third-order valence-corrected chi connectivity index (χ3v) is 6.01. The Labute approximate surface area is 149 Å². The molecule has 2 aromatic heterocycles. The molecule has 0 aliphatic carbocycles. The lowest BCUT2D eigenvalue weighted by molar-refractivity contribution is 0.617. The van der Waals surface area contributed by atoms with E-state index in [9.17, 15) is 4.39 Å². The average molecular weight is 362 g/mol. The van der Waals surface area contributed by atoms with Crippen LogP contribution in [0.25, 0.3) is 11.4 Å². The van der Waals surface area contributed by atoms with Crippen LogP contribution in [-0.2, 0) is 18.7 Å². The quantitative estimate of drug-likeness (QED) is 0.556.